The molecule has 0 aliphatic heterocycles. The Hall–Kier alpha value is -1.56. The third-order valence-electron chi connectivity index (χ3n) is 7.47. The zero-order valence-electron chi connectivity index (χ0n) is 24.1. The van der Waals surface area contributed by atoms with Gasteiger partial charge in [-0.25, -0.2) is 0 Å². The van der Waals surface area contributed by atoms with Crippen LogP contribution in [0.4, 0.5) is 0 Å². The lowest BCUT2D eigenvalue weighted by Crippen LogP contribution is -2.13. The average molecular weight is 449 g/mol. The van der Waals surface area contributed by atoms with Crippen LogP contribution in [0.2, 0.25) is 0 Å². The van der Waals surface area contributed by atoms with Crippen LogP contribution in [-0.4, -0.2) is 0 Å². The largest absolute Gasteiger partial charge is 0.0645 e. The molecule has 0 fully saturated rings. The lowest BCUT2D eigenvalue weighted by atomic mass is 9.74. The van der Waals surface area contributed by atoms with Crippen molar-refractivity contribution in [2.75, 3.05) is 0 Å². The summed E-state index contributed by atoms with van der Waals surface area (Å²) in [6.07, 6.45) is 1.14. The van der Waals surface area contributed by atoms with Gasteiger partial charge < -0.3 is 0 Å². The molecule has 0 heterocycles. The number of hydrogen-bond donors (Lipinski definition) is 0. The van der Waals surface area contributed by atoms with Gasteiger partial charge in [-0.05, 0) is 86.4 Å². The van der Waals surface area contributed by atoms with E-state index in [0.29, 0.717) is 41.4 Å². The number of hydrogen-bond acceptors (Lipinski definition) is 0. The predicted octanol–water partition coefficient (Wildman–Crippen LogP) is 11.0. The monoisotopic (exact) mass is 448 g/mol. The topological polar surface area (TPSA) is 0 Å². The molecule has 0 aromatic heterocycles. The van der Waals surface area contributed by atoms with Crippen molar-refractivity contribution in [2.45, 2.75) is 138 Å². The second-order valence-corrected chi connectivity index (χ2v) is 12.1. The van der Waals surface area contributed by atoms with Gasteiger partial charge >= 0.3 is 0 Å². The van der Waals surface area contributed by atoms with Crippen molar-refractivity contribution < 1.29 is 0 Å². The maximum Gasteiger partial charge on any atom is 0.00925 e. The minimum absolute atomic E-state index is 0.442. The zero-order chi connectivity index (χ0) is 25.2. The van der Waals surface area contributed by atoms with Gasteiger partial charge in [0.15, 0.2) is 0 Å². The maximum absolute atomic E-state index is 2.60. The quantitative estimate of drug-likeness (QED) is 0.358. The Morgan fingerprint density at radius 1 is 0.364 bits per heavy atom. The first-order chi connectivity index (χ1) is 15.3. The smallest absolute Gasteiger partial charge is 0.00925 e. The van der Waals surface area contributed by atoms with Gasteiger partial charge in [-0.1, -0.05) is 114 Å². The van der Waals surface area contributed by atoms with Gasteiger partial charge in [0.1, 0.15) is 0 Å². The molecule has 0 atom stereocenters. The van der Waals surface area contributed by atoms with Gasteiger partial charge in [0.2, 0.25) is 0 Å². The van der Waals surface area contributed by atoms with E-state index >= 15 is 0 Å². The standard InChI is InChI=1S/C33H52/c1-14-25(32-17-28(21(6)7)26(19(2)3)15-30(32)23(10)11)33-18-29(22(8)9)27(20(4)5)16-31(33)24(12)13/h15-25H,14H2,1-13H3. The van der Waals surface area contributed by atoms with Gasteiger partial charge in [0.05, 0.1) is 0 Å². The Morgan fingerprint density at radius 2 is 0.545 bits per heavy atom. The molecule has 33 heavy (non-hydrogen) atoms. The summed E-state index contributed by atoms with van der Waals surface area (Å²) in [6, 6.07) is 10.3. The van der Waals surface area contributed by atoms with Crippen molar-refractivity contribution in [3.8, 4) is 0 Å². The molecular formula is C33H52. The second kappa shape index (κ2) is 11.2. The Bertz CT molecular complexity index is 846. The van der Waals surface area contributed by atoms with Crippen molar-refractivity contribution in [3.63, 3.8) is 0 Å². The minimum Gasteiger partial charge on any atom is -0.0645 e. The van der Waals surface area contributed by atoms with E-state index in [1.54, 1.807) is 22.3 Å². The maximum atomic E-state index is 2.60. The highest BCUT2D eigenvalue weighted by Gasteiger charge is 2.26. The molecule has 0 radical (unpaired) electrons. The van der Waals surface area contributed by atoms with Gasteiger partial charge in [-0.3, -0.25) is 0 Å². The summed E-state index contributed by atoms with van der Waals surface area (Å²) in [5, 5.41) is 0. The Kier molecular flexibility index (Phi) is 9.43. The SMILES string of the molecule is CCC(c1cc(C(C)C)c(C(C)C)cc1C(C)C)c1cc(C(C)C)c(C(C)C)cc1C(C)C. The first-order valence-electron chi connectivity index (χ1n) is 13.7. The Labute approximate surface area is 206 Å². The molecule has 0 aliphatic rings. The van der Waals surface area contributed by atoms with Crippen LogP contribution < -0.4 is 0 Å². The van der Waals surface area contributed by atoms with E-state index in [4.69, 9.17) is 0 Å². The van der Waals surface area contributed by atoms with Crippen molar-refractivity contribution in [1.82, 2.24) is 0 Å². The van der Waals surface area contributed by atoms with Gasteiger partial charge in [0.25, 0.3) is 0 Å². The lowest BCUT2D eigenvalue weighted by molar-refractivity contribution is 0.698. The van der Waals surface area contributed by atoms with Gasteiger partial charge in [-0.2, -0.15) is 0 Å². The Balaban J connectivity index is 2.91. The van der Waals surface area contributed by atoms with Crippen LogP contribution in [0.1, 0.15) is 182 Å². The van der Waals surface area contributed by atoms with E-state index in [1.807, 2.05) is 0 Å². The Morgan fingerprint density at radius 3 is 0.727 bits per heavy atom. The first kappa shape index (κ1) is 27.7. The molecule has 0 spiro atoms. The summed E-state index contributed by atoms with van der Waals surface area (Å²) in [6.45, 7) is 30.7. The molecule has 0 bridgehead atoms. The van der Waals surface area contributed by atoms with Crippen LogP contribution in [0.3, 0.4) is 0 Å². The summed E-state index contributed by atoms with van der Waals surface area (Å²) in [5.74, 6) is 3.68. The summed E-state index contributed by atoms with van der Waals surface area (Å²) >= 11 is 0. The van der Waals surface area contributed by atoms with Crippen LogP contribution in [0.25, 0.3) is 0 Å². The lowest BCUT2D eigenvalue weighted by Gasteiger charge is -2.30. The van der Waals surface area contributed by atoms with Crippen molar-refractivity contribution >= 4 is 0 Å². The normalized spacial score (nSPS) is 12.6. The third-order valence-corrected chi connectivity index (χ3v) is 7.47. The van der Waals surface area contributed by atoms with E-state index in [1.165, 1.54) is 22.3 Å². The molecule has 0 amide bonds. The first-order valence-corrected chi connectivity index (χ1v) is 13.7. The van der Waals surface area contributed by atoms with E-state index in [0.717, 1.165) is 6.42 Å². The highest BCUT2D eigenvalue weighted by molar-refractivity contribution is 5.52. The van der Waals surface area contributed by atoms with Crippen LogP contribution in [0.15, 0.2) is 24.3 Å². The van der Waals surface area contributed by atoms with Crippen molar-refractivity contribution in [3.05, 3.63) is 68.8 Å². The molecule has 0 N–H and O–H groups in total. The average Bonchev–Trinajstić information content (AvgIpc) is 2.72. The van der Waals surface area contributed by atoms with Crippen LogP contribution >= 0.6 is 0 Å². The summed E-state index contributed by atoms with van der Waals surface area (Å²) in [5.41, 5.74) is 12.4. The molecule has 0 saturated heterocycles. The van der Waals surface area contributed by atoms with Gasteiger partial charge in [0, 0.05) is 5.92 Å². The van der Waals surface area contributed by atoms with E-state index in [9.17, 15) is 0 Å². The minimum atomic E-state index is 0.442. The van der Waals surface area contributed by atoms with Crippen LogP contribution in [0, 0.1) is 0 Å². The van der Waals surface area contributed by atoms with E-state index in [2.05, 4.69) is 114 Å². The molecule has 2 aromatic rings. The molecule has 0 heteroatoms. The number of rotatable bonds is 9. The highest BCUT2D eigenvalue weighted by Crippen LogP contribution is 2.43. The summed E-state index contributed by atoms with van der Waals surface area (Å²) < 4.78 is 0. The fraction of sp³-hybridized carbons (Fsp3) is 0.636. The molecule has 2 rings (SSSR count). The molecule has 184 valence electrons. The van der Waals surface area contributed by atoms with Crippen LogP contribution in [0.5, 0.6) is 0 Å². The number of benzene rings is 2. The molecule has 0 saturated carbocycles. The fourth-order valence-corrected chi connectivity index (χ4v) is 5.55. The second-order valence-electron chi connectivity index (χ2n) is 12.1. The molecule has 2 aromatic carbocycles. The summed E-state index contributed by atoms with van der Waals surface area (Å²) in [7, 11) is 0. The molecule has 0 aliphatic carbocycles. The molecule has 0 nitrogen and oxygen atoms in total. The molecule has 0 unspecified atom stereocenters. The summed E-state index contributed by atoms with van der Waals surface area (Å²) in [4.78, 5) is 0. The predicted molar refractivity (Wildman–Crippen MR) is 150 cm³/mol. The third kappa shape index (κ3) is 5.93. The van der Waals surface area contributed by atoms with Crippen molar-refractivity contribution in [1.29, 1.82) is 0 Å². The highest BCUT2D eigenvalue weighted by atomic mass is 14.3. The molecular weight excluding hydrogens is 396 g/mol. The fourth-order valence-electron chi connectivity index (χ4n) is 5.55. The van der Waals surface area contributed by atoms with E-state index < -0.39 is 0 Å². The van der Waals surface area contributed by atoms with Gasteiger partial charge in [-0.15, -0.1) is 0 Å². The van der Waals surface area contributed by atoms with E-state index in [-0.39, 0.29) is 0 Å². The van der Waals surface area contributed by atoms with Crippen molar-refractivity contribution in [2.24, 2.45) is 0 Å². The van der Waals surface area contributed by atoms with Crippen LogP contribution in [-0.2, 0) is 0 Å². The zero-order valence-corrected chi connectivity index (χ0v) is 24.1.